The van der Waals surface area contributed by atoms with E-state index in [0.717, 1.165) is 63.7 Å². The second kappa shape index (κ2) is 9.32. The summed E-state index contributed by atoms with van der Waals surface area (Å²) in [5.74, 6) is 1.63. The van der Waals surface area contributed by atoms with Crippen LogP contribution in [0.4, 0.5) is 4.39 Å². The van der Waals surface area contributed by atoms with E-state index >= 15 is 0 Å². The number of methoxy groups -OCH3 is 1. The van der Waals surface area contributed by atoms with Crippen LogP contribution in [0.3, 0.4) is 0 Å². The van der Waals surface area contributed by atoms with Crippen LogP contribution in [-0.4, -0.2) is 32.3 Å². The number of nitrogens with one attached hydrogen (secondary N) is 1. The number of fused-ring (bicyclic) bond motifs is 3. The average Bonchev–Trinajstić information content (AvgIpc) is 2.80. The molecule has 0 aliphatic heterocycles. The molecular weight excluding hydrogens is 393 g/mol. The third-order valence-corrected chi connectivity index (χ3v) is 8.30. The van der Waals surface area contributed by atoms with Crippen LogP contribution in [0, 0.1) is 11.3 Å². The lowest BCUT2D eigenvalue weighted by molar-refractivity contribution is -0.138. The van der Waals surface area contributed by atoms with Gasteiger partial charge in [0, 0.05) is 19.1 Å². The van der Waals surface area contributed by atoms with Crippen LogP contribution in [0.15, 0.2) is 36.2 Å². The second-order valence-electron chi connectivity index (χ2n) is 9.90. The van der Waals surface area contributed by atoms with Gasteiger partial charge < -0.3 is 14.8 Å². The largest absolute Gasteiger partial charge is 0.489 e. The summed E-state index contributed by atoms with van der Waals surface area (Å²) in [6.07, 6.45) is 9.95. The van der Waals surface area contributed by atoms with Gasteiger partial charge in [0.1, 0.15) is 12.4 Å². The van der Waals surface area contributed by atoms with E-state index in [9.17, 15) is 9.18 Å². The lowest BCUT2D eigenvalue weighted by Gasteiger charge is -2.53. The molecule has 0 atom stereocenters. The number of hydrogen-bond acceptors (Lipinski definition) is 3. The molecule has 5 heteroatoms. The van der Waals surface area contributed by atoms with Crippen molar-refractivity contribution >= 4 is 5.91 Å². The molecule has 0 spiro atoms. The van der Waals surface area contributed by atoms with Crippen LogP contribution >= 0.6 is 0 Å². The summed E-state index contributed by atoms with van der Waals surface area (Å²) in [5, 5.41) is 3.27. The minimum Gasteiger partial charge on any atom is -0.489 e. The van der Waals surface area contributed by atoms with Crippen molar-refractivity contribution in [3.05, 3.63) is 41.7 Å². The van der Waals surface area contributed by atoms with Gasteiger partial charge in [-0.25, -0.2) is 4.39 Å². The van der Waals surface area contributed by atoms with Gasteiger partial charge in [0.05, 0.1) is 12.4 Å². The third kappa shape index (κ3) is 4.52. The first-order chi connectivity index (χ1) is 15.0. The molecule has 2 bridgehead atoms. The molecule has 5 rings (SSSR count). The Labute approximate surface area is 185 Å². The zero-order valence-electron chi connectivity index (χ0n) is 18.9. The summed E-state index contributed by atoms with van der Waals surface area (Å²) in [4.78, 5) is 13.0. The zero-order valence-corrected chi connectivity index (χ0v) is 18.9. The van der Waals surface area contributed by atoms with Crippen molar-refractivity contribution in [2.75, 3.05) is 20.3 Å². The Kier molecular flexibility index (Phi) is 6.71. The van der Waals surface area contributed by atoms with Crippen molar-refractivity contribution in [2.45, 2.75) is 76.2 Å². The molecule has 170 valence electrons. The first-order valence-corrected chi connectivity index (χ1v) is 11.8. The molecular formula is C26H36FNO3. The van der Waals surface area contributed by atoms with E-state index in [1.807, 2.05) is 19.1 Å². The number of carbonyl (C=O) groups is 1. The normalized spacial score (nSPS) is 32.4. The van der Waals surface area contributed by atoms with Crippen molar-refractivity contribution in [1.82, 2.24) is 5.32 Å². The van der Waals surface area contributed by atoms with Gasteiger partial charge in [-0.2, -0.15) is 0 Å². The molecule has 0 radical (unpaired) electrons. The Hall–Kier alpha value is -1.88. The maximum Gasteiger partial charge on any atom is 0.226 e. The highest BCUT2D eigenvalue weighted by molar-refractivity contribution is 5.83. The van der Waals surface area contributed by atoms with Crippen LogP contribution in [0.5, 0.6) is 5.75 Å². The fourth-order valence-corrected chi connectivity index (χ4v) is 5.71. The van der Waals surface area contributed by atoms with Gasteiger partial charge >= 0.3 is 0 Å². The lowest BCUT2D eigenvalue weighted by atomic mass is 9.51. The van der Waals surface area contributed by atoms with Crippen molar-refractivity contribution in [3.63, 3.8) is 0 Å². The van der Waals surface area contributed by atoms with Crippen LogP contribution in [0.25, 0.3) is 0 Å². The maximum absolute atomic E-state index is 13.0. The molecule has 4 nitrogen and oxygen atoms in total. The van der Waals surface area contributed by atoms with Crippen LogP contribution in [0.1, 0.15) is 70.3 Å². The monoisotopic (exact) mass is 429 g/mol. The summed E-state index contributed by atoms with van der Waals surface area (Å²) in [6, 6.07) is 8.35. The molecule has 1 aromatic carbocycles. The zero-order chi connectivity index (χ0) is 21.9. The van der Waals surface area contributed by atoms with E-state index in [2.05, 4.69) is 17.4 Å². The van der Waals surface area contributed by atoms with E-state index < -0.39 is 0 Å². The number of carbonyl (C=O) groups excluding carboxylic acids is 1. The Balaban J connectivity index is 1.30. The van der Waals surface area contributed by atoms with Gasteiger partial charge in [0.2, 0.25) is 5.91 Å². The van der Waals surface area contributed by atoms with E-state index in [4.69, 9.17) is 9.47 Å². The highest BCUT2D eigenvalue weighted by Gasteiger charge is 2.52. The smallest absolute Gasteiger partial charge is 0.226 e. The first kappa shape index (κ1) is 22.3. The fourth-order valence-electron chi connectivity index (χ4n) is 5.71. The van der Waals surface area contributed by atoms with Gasteiger partial charge in [0.25, 0.3) is 0 Å². The molecule has 4 fully saturated rings. The summed E-state index contributed by atoms with van der Waals surface area (Å²) < 4.78 is 23.8. The predicted molar refractivity (Wildman–Crippen MR) is 120 cm³/mol. The molecule has 0 unspecified atom stereocenters. The molecule has 4 aliphatic rings. The standard InChI is InChI=1S/C26H36FNO3/c1-3-19(16-27)18-31-22-6-4-21(5-7-22)25-8-11-26(12-9-25,13-10-25)24(29)28-17-20-14-23(15-20)30-2/h4-7,16,20,23H,3,8-15,17-18H2,1-2H3,(H,28,29)/b19-16+. The van der Waals surface area contributed by atoms with E-state index in [0.29, 0.717) is 37.0 Å². The average molecular weight is 430 g/mol. The van der Waals surface area contributed by atoms with Gasteiger partial charge in [-0.1, -0.05) is 19.1 Å². The van der Waals surface area contributed by atoms with Crippen molar-refractivity contribution < 1.29 is 18.7 Å². The molecule has 1 aromatic rings. The van der Waals surface area contributed by atoms with Crippen molar-refractivity contribution in [1.29, 1.82) is 0 Å². The summed E-state index contributed by atoms with van der Waals surface area (Å²) in [6.45, 7) is 3.01. The molecule has 1 N–H and O–H groups in total. The third-order valence-electron chi connectivity index (χ3n) is 8.30. The number of amides is 1. The van der Waals surface area contributed by atoms with Gasteiger partial charge in [-0.15, -0.1) is 0 Å². The van der Waals surface area contributed by atoms with E-state index in [1.165, 1.54) is 5.56 Å². The van der Waals surface area contributed by atoms with E-state index in [1.54, 1.807) is 7.11 Å². The van der Waals surface area contributed by atoms with Crippen LogP contribution in [0.2, 0.25) is 0 Å². The Morgan fingerprint density at radius 1 is 1.13 bits per heavy atom. The van der Waals surface area contributed by atoms with Crippen LogP contribution in [-0.2, 0) is 14.9 Å². The minimum absolute atomic E-state index is 0.162. The fraction of sp³-hybridized carbons (Fsp3) is 0.654. The van der Waals surface area contributed by atoms with E-state index in [-0.39, 0.29) is 16.7 Å². The molecule has 0 saturated heterocycles. The first-order valence-electron chi connectivity index (χ1n) is 11.8. The van der Waals surface area contributed by atoms with Crippen molar-refractivity contribution in [2.24, 2.45) is 11.3 Å². The highest BCUT2D eigenvalue weighted by Crippen LogP contribution is 2.58. The second-order valence-corrected chi connectivity index (χ2v) is 9.90. The predicted octanol–water partition coefficient (Wildman–Crippen LogP) is 5.46. The number of rotatable bonds is 9. The topological polar surface area (TPSA) is 47.6 Å². The molecule has 31 heavy (non-hydrogen) atoms. The summed E-state index contributed by atoms with van der Waals surface area (Å²) in [5.41, 5.74) is 2.04. The molecule has 0 aromatic heterocycles. The quantitative estimate of drug-likeness (QED) is 0.567. The highest BCUT2D eigenvalue weighted by atomic mass is 19.1. The van der Waals surface area contributed by atoms with Gasteiger partial charge in [0.15, 0.2) is 0 Å². The van der Waals surface area contributed by atoms with Crippen molar-refractivity contribution in [3.8, 4) is 5.75 Å². The van der Waals surface area contributed by atoms with Gasteiger partial charge in [-0.05, 0) is 92.4 Å². The SMILES string of the molecule is CC/C(=C\F)COc1ccc(C23CCC(C(=O)NCC4CC(OC)C4)(CC2)CC3)cc1. The minimum atomic E-state index is -0.162. The Morgan fingerprint density at radius 3 is 2.32 bits per heavy atom. The summed E-state index contributed by atoms with van der Waals surface area (Å²) >= 11 is 0. The number of halogens is 1. The maximum atomic E-state index is 13.0. The Morgan fingerprint density at radius 2 is 1.77 bits per heavy atom. The number of benzene rings is 1. The molecule has 4 aliphatic carbocycles. The Bertz CT molecular complexity index is 773. The molecule has 0 heterocycles. The molecule has 1 amide bonds. The van der Waals surface area contributed by atoms with Gasteiger partial charge in [-0.3, -0.25) is 4.79 Å². The number of ether oxygens (including phenoxy) is 2. The lowest BCUT2D eigenvalue weighted by Crippen LogP contribution is -2.52. The van der Waals surface area contributed by atoms with Crippen LogP contribution < -0.4 is 10.1 Å². The number of hydrogen-bond donors (Lipinski definition) is 1. The molecule has 4 saturated carbocycles. The summed E-state index contributed by atoms with van der Waals surface area (Å²) in [7, 11) is 1.77.